The van der Waals surface area contributed by atoms with Crippen molar-refractivity contribution in [1.29, 1.82) is 0 Å². The number of amides is 2. The van der Waals surface area contributed by atoms with Crippen LogP contribution in [-0.2, 0) is 22.6 Å². The summed E-state index contributed by atoms with van der Waals surface area (Å²) in [6.45, 7) is 11.2. The van der Waals surface area contributed by atoms with Gasteiger partial charge in [-0.1, -0.05) is 13.8 Å². The Labute approximate surface area is 141 Å². The largest absolute Gasteiger partial charge is 0.455 e. The van der Waals surface area contributed by atoms with Gasteiger partial charge in [0.05, 0.1) is 6.61 Å². The van der Waals surface area contributed by atoms with E-state index in [0.717, 1.165) is 0 Å². The minimum Gasteiger partial charge on any atom is -0.455 e. The van der Waals surface area contributed by atoms with E-state index < -0.39 is 17.6 Å². The third-order valence-electron chi connectivity index (χ3n) is 3.23. The molecule has 0 radical (unpaired) electrons. The zero-order chi connectivity index (χ0) is 17.9. The second kappa shape index (κ2) is 7.21. The number of nitrogens with one attached hydrogen (secondary N) is 2. The molecule has 1 aliphatic rings. The second-order valence-electron chi connectivity index (χ2n) is 7.16. The smallest absolute Gasteiger partial charge is 0.359 e. The molecule has 2 N–H and O–H groups in total. The lowest BCUT2D eigenvalue weighted by molar-refractivity contribution is 0.00502. The molecule has 0 spiro atoms. The Morgan fingerprint density at radius 2 is 2.08 bits per heavy atom. The zero-order valence-electron chi connectivity index (χ0n) is 14.9. The van der Waals surface area contributed by atoms with Crippen LogP contribution in [0.25, 0.3) is 0 Å². The number of esters is 1. The molecule has 2 amide bonds. The molecule has 134 valence electrons. The second-order valence-corrected chi connectivity index (χ2v) is 7.16. The molecule has 0 atom stereocenters. The fraction of sp³-hybridized carbons (Fsp3) is 0.688. The van der Waals surface area contributed by atoms with E-state index in [0.29, 0.717) is 38.0 Å². The van der Waals surface area contributed by atoms with Gasteiger partial charge in [-0.15, -0.1) is 0 Å². The number of hydrogen-bond acceptors (Lipinski definition) is 5. The molecule has 0 unspecified atom stereocenters. The topological polar surface area (TPSA) is 94.5 Å². The van der Waals surface area contributed by atoms with Crippen LogP contribution in [0.4, 0.5) is 10.6 Å². The van der Waals surface area contributed by atoms with Crippen molar-refractivity contribution in [2.24, 2.45) is 5.92 Å². The maximum atomic E-state index is 12.6. The summed E-state index contributed by atoms with van der Waals surface area (Å²) >= 11 is 0. The standard InChI is InChI=1S/C16H26N4O4/c1-10(2)8-17-15(22)19-13-12(14(21)24-16(3,4)5)20-6-7-23-9-11(20)18-13/h10H,6-9H2,1-5H3,(H2,17,19,22). The first-order valence-corrected chi connectivity index (χ1v) is 8.12. The van der Waals surface area contributed by atoms with E-state index in [9.17, 15) is 9.59 Å². The number of rotatable bonds is 4. The lowest BCUT2D eigenvalue weighted by atomic mass is 10.2. The Hall–Kier alpha value is -2.09. The summed E-state index contributed by atoms with van der Waals surface area (Å²) in [5, 5.41) is 5.39. The number of aromatic nitrogens is 2. The van der Waals surface area contributed by atoms with Gasteiger partial charge in [0.25, 0.3) is 0 Å². The monoisotopic (exact) mass is 338 g/mol. The van der Waals surface area contributed by atoms with E-state index in [-0.39, 0.29) is 11.5 Å². The average molecular weight is 338 g/mol. The lowest BCUT2D eigenvalue weighted by Gasteiger charge is -2.21. The number of urea groups is 1. The number of nitrogens with zero attached hydrogens (tertiary/aromatic N) is 2. The average Bonchev–Trinajstić information content (AvgIpc) is 2.81. The highest BCUT2D eigenvalue weighted by Crippen LogP contribution is 2.23. The summed E-state index contributed by atoms with van der Waals surface area (Å²) in [4.78, 5) is 28.9. The molecule has 2 rings (SSSR count). The van der Waals surface area contributed by atoms with Gasteiger partial charge in [-0.3, -0.25) is 5.32 Å². The van der Waals surface area contributed by atoms with Gasteiger partial charge in [0, 0.05) is 13.1 Å². The van der Waals surface area contributed by atoms with E-state index in [4.69, 9.17) is 9.47 Å². The van der Waals surface area contributed by atoms with Crippen LogP contribution in [0.5, 0.6) is 0 Å². The molecule has 2 heterocycles. The molecule has 8 nitrogen and oxygen atoms in total. The van der Waals surface area contributed by atoms with Crippen LogP contribution in [0.1, 0.15) is 50.9 Å². The van der Waals surface area contributed by atoms with Crippen molar-refractivity contribution in [2.75, 3.05) is 18.5 Å². The van der Waals surface area contributed by atoms with Crippen molar-refractivity contribution in [3.63, 3.8) is 0 Å². The molecule has 24 heavy (non-hydrogen) atoms. The van der Waals surface area contributed by atoms with Crippen molar-refractivity contribution >= 4 is 17.8 Å². The van der Waals surface area contributed by atoms with Crippen molar-refractivity contribution in [3.8, 4) is 0 Å². The zero-order valence-corrected chi connectivity index (χ0v) is 14.9. The fourth-order valence-corrected chi connectivity index (χ4v) is 2.24. The molecule has 0 aliphatic carbocycles. The predicted molar refractivity (Wildman–Crippen MR) is 88.9 cm³/mol. The number of carbonyl (C=O) groups is 2. The van der Waals surface area contributed by atoms with Crippen LogP contribution in [0.15, 0.2) is 0 Å². The fourth-order valence-electron chi connectivity index (χ4n) is 2.24. The first-order chi connectivity index (χ1) is 11.2. The summed E-state index contributed by atoms with van der Waals surface area (Å²) in [6, 6.07) is -0.398. The molecule has 0 aromatic carbocycles. The van der Waals surface area contributed by atoms with Crippen LogP contribution in [0, 0.1) is 5.92 Å². The summed E-state index contributed by atoms with van der Waals surface area (Å²) in [5.74, 6) is 0.610. The third kappa shape index (κ3) is 4.70. The first-order valence-electron chi connectivity index (χ1n) is 8.12. The molecule has 0 saturated heterocycles. The minimum atomic E-state index is -0.635. The Morgan fingerprint density at radius 1 is 1.38 bits per heavy atom. The highest BCUT2D eigenvalue weighted by Gasteiger charge is 2.29. The number of hydrogen-bond donors (Lipinski definition) is 2. The minimum absolute atomic E-state index is 0.200. The number of carbonyl (C=O) groups excluding carboxylic acids is 2. The van der Waals surface area contributed by atoms with E-state index in [2.05, 4.69) is 15.6 Å². The highest BCUT2D eigenvalue weighted by molar-refractivity contribution is 5.98. The summed E-state index contributed by atoms with van der Waals surface area (Å²) in [6.07, 6.45) is 0. The van der Waals surface area contributed by atoms with Crippen LogP contribution in [-0.4, -0.2) is 40.3 Å². The van der Waals surface area contributed by atoms with Crippen LogP contribution >= 0.6 is 0 Å². The Balaban J connectivity index is 2.25. The van der Waals surface area contributed by atoms with Gasteiger partial charge in [0.2, 0.25) is 0 Å². The predicted octanol–water partition coefficient (Wildman–Crippen LogP) is 2.15. The van der Waals surface area contributed by atoms with Gasteiger partial charge in [-0.2, -0.15) is 0 Å². The molecule has 0 fully saturated rings. The number of fused-ring (bicyclic) bond motifs is 1. The highest BCUT2D eigenvalue weighted by atomic mass is 16.6. The van der Waals surface area contributed by atoms with E-state index in [1.54, 1.807) is 25.3 Å². The van der Waals surface area contributed by atoms with E-state index in [1.807, 2.05) is 13.8 Å². The molecular weight excluding hydrogens is 312 g/mol. The van der Waals surface area contributed by atoms with Crippen LogP contribution in [0.2, 0.25) is 0 Å². The van der Waals surface area contributed by atoms with Crippen molar-refractivity contribution in [1.82, 2.24) is 14.9 Å². The van der Waals surface area contributed by atoms with Gasteiger partial charge in [-0.05, 0) is 26.7 Å². The normalized spacial score (nSPS) is 14.2. The Bertz CT molecular complexity index is 616. The maximum Gasteiger partial charge on any atom is 0.359 e. The quantitative estimate of drug-likeness (QED) is 0.820. The summed E-state index contributed by atoms with van der Waals surface area (Å²) in [7, 11) is 0. The van der Waals surface area contributed by atoms with Gasteiger partial charge >= 0.3 is 12.0 Å². The molecular formula is C16H26N4O4. The Morgan fingerprint density at radius 3 is 2.71 bits per heavy atom. The van der Waals surface area contributed by atoms with Gasteiger partial charge < -0.3 is 19.4 Å². The number of ether oxygens (including phenoxy) is 2. The summed E-state index contributed by atoms with van der Waals surface area (Å²) in [5.41, 5.74) is -0.382. The van der Waals surface area contributed by atoms with E-state index >= 15 is 0 Å². The SMILES string of the molecule is CC(C)CNC(=O)Nc1nc2n(c1C(=O)OC(C)(C)C)CCOC2. The van der Waals surface area contributed by atoms with Gasteiger partial charge in [-0.25, -0.2) is 14.6 Å². The number of imidazole rings is 1. The Kier molecular flexibility index (Phi) is 5.48. The van der Waals surface area contributed by atoms with E-state index in [1.165, 1.54) is 0 Å². The van der Waals surface area contributed by atoms with Crippen molar-refractivity contribution < 1.29 is 19.1 Å². The van der Waals surface area contributed by atoms with Crippen LogP contribution < -0.4 is 10.6 Å². The third-order valence-corrected chi connectivity index (χ3v) is 3.23. The maximum absolute atomic E-state index is 12.6. The molecule has 0 bridgehead atoms. The summed E-state index contributed by atoms with van der Waals surface area (Å²) < 4.78 is 12.6. The van der Waals surface area contributed by atoms with Crippen molar-refractivity contribution in [3.05, 3.63) is 11.5 Å². The van der Waals surface area contributed by atoms with Gasteiger partial charge in [0.1, 0.15) is 18.0 Å². The molecule has 1 aromatic heterocycles. The molecule has 0 saturated carbocycles. The van der Waals surface area contributed by atoms with Gasteiger partial charge in [0.15, 0.2) is 11.5 Å². The molecule has 1 aliphatic heterocycles. The number of anilines is 1. The molecule has 8 heteroatoms. The van der Waals surface area contributed by atoms with Crippen molar-refractivity contribution in [2.45, 2.75) is 53.4 Å². The lowest BCUT2D eigenvalue weighted by Crippen LogP contribution is -2.33. The molecule has 1 aromatic rings. The van der Waals surface area contributed by atoms with Crippen LogP contribution in [0.3, 0.4) is 0 Å². The first kappa shape index (κ1) is 18.3.